The lowest BCUT2D eigenvalue weighted by Crippen LogP contribution is -2.40. The standard InChI is InChI=1S/C17H17F2N3O4S/c1-11-2-5-13(6-3-11)27(25,26)21-10-16(23)20-9-17(24)22-15-7-4-12(18)8-14(15)19/h2-8,21H,9-10H2,1H3,(H,20,23)(H,22,24). The van der Waals surface area contributed by atoms with Crippen LogP contribution in [-0.4, -0.2) is 33.3 Å². The molecule has 0 radical (unpaired) electrons. The number of halogens is 2. The van der Waals surface area contributed by atoms with E-state index in [0.29, 0.717) is 6.07 Å². The number of hydrogen-bond acceptors (Lipinski definition) is 4. The minimum Gasteiger partial charge on any atom is -0.346 e. The van der Waals surface area contributed by atoms with E-state index >= 15 is 0 Å². The third-order valence-electron chi connectivity index (χ3n) is 3.41. The van der Waals surface area contributed by atoms with Crippen molar-refractivity contribution in [3.63, 3.8) is 0 Å². The van der Waals surface area contributed by atoms with Crippen LogP contribution in [0.5, 0.6) is 0 Å². The maximum atomic E-state index is 13.4. The molecule has 0 aromatic heterocycles. The van der Waals surface area contributed by atoms with E-state index in [0.717, 1.165) is 17.7 Å². The number of aryl methyl sites for hydroxylation is 1. The number of hydrogen-bond donors (Lipinski definition) is 3. The second-order valence-electron chi connectivity index (χ2n) is 5.59. The molecule has 3 N–H and O–H groups in total. The number of nitrogens with one attached hydrogen (secondary N) is 3. The summed E-state index contributed by atoms with van der Waals surface area (Å²) in [4.78, 5) is 23.4. The molecule has 0 fully saturated rings. The van der Waals surface area contributed by atoms with E-state index in [1.54, 1.807) is 19.1 Å². The average molecular weight is 397 g/mol. The van der Waals surface area contributed by atoms with Gasteiger partial charge in [0.1, 0.15) is 11.6 Å². The molecule has 0 bridgehead atoms. The Bertz CT molecular complexity index is 947. The van der Waals surface area contributed by atoms with E-state index in [4.69, 9.17) is 0 Å². The van der Waals surface area contributed by atoms with Gasteiger partial charge in [-0.15, -0.1) is 0 Å². The van der Waals surface area contributed by atoms with Crippen molar-refractivity contribution in [2.24, 2.45) is 0 Å². The molecule has 2 aromatic carbocycles. The number of amides is 2. The molecule has 2 rings (SSSR count). The van der Waals surface area contributed by atoms with Crippen molar-refractivity contribution in [2.45, 2.75) is 11.8 Å². The van der Waals surface area contributed by atoms with Gasteiger partial charge in [-0.25, -0.2) is 21.9 Å². The minimum atomic E-state index is -3.87. The van der Waals surface area contributed by atoms with Gasteiger partial charge in [-0.05, 0) is 31.2 Å². The van der Waals surface area contributed by atoms with Gasteiger partial charge >= 0.3 is 0 Å². The largest absolute Gasteiger partial charge is 0.346 e. The molecule has 0 aliphatic rings. The number of anilines is 1. The van der Waals surface area contributed by atoms with E-state index in [2.05, 4.69) is 15.4 Å². The van der Waals surface area contributed by atoms with Crippen LogP contribution in [0.1, 0.15) is 5.56 Å². The Kier molecular flexibility index (Phi) is 6.59. The highest BCUT2D eigenvalue weighted by molar-refractivity contribution is 7.89. The van der Waals surface area contributed by atoms with E-state index in [9.17, 15) is 26.8 Å². The van der Waals surface area contributed by atoms with Crippen LogP contribution in [0.3, 0.4) is 0 Å². The highest BCUT2D eigenvalue weighted by Crippen LogP contribution is 2.14. The Balaban J connectivity index is 1.81. The summed E-state index contributed by atoms with van der Waals surface area (Å²) >= 11 is 0. The van der Waals surface area contributed by atoms with Gasteiger partial charge < -0.3 is 10.6 Å². The van der Waals surface area contributed by atoms with Crippen molar-refractivity contribution in [1.82, 2.24) is 10.0 Å². The van der Waals surface area contributed by atoms with E-state index in [1.807, 2.05) is 0 Å². The van der Waals surface area contributed by atoms with E-state index in [1.165, 1.54) is 12.1 Å². The number of carbonyl (C=O) groups is 2. The molecule has 2 amide bonds. The van der Waals surface area contributed by atoms with Gasteiger partial charge in [-0.2, -0.15) is 0 Å². The maximum absolute atomic E-state index is 13.4. The first-order valence-corrected chi connectivity index (χ1v) is 9.23. The summed E-state index contributed by atoms with van der Waals surface area (Å²) in [5, 5.41) is 4.35. The summed E-state index contributed by atoms with van der Waals surface area (Å²) in [5.41, 5.74) is 0.644. The van der Waals surface area contributed by atoms with E-state index < -0.39 is 46.6 Å². The van der Waals surface area contributed by atoms with Crippen molar-refractivity contribution in [3.8, 4) is 0 Å². The zero-order valence-corrected chi connectivity index (χ0v) is 15.1. The van der Waals surface area contributed by atoms with Gasteiger partial charge in [0.05, 0.1) is 23.7 Å². The van der Waals surface area contributed by atoms with Gasteiger partial charge in [0.25, 0.3) is 0 Å². The Labute approximate surface area is 154 Å². The third kappa shape index (κ3) is 6.12. The average Bonchev–Trinajstić information content (AvgIpc) is 2.61. The molecule has 144 valence electrons. The number of sulfonamides is 1. The zero-order chi connectivity index (χ0) is 20.0. The van der Waals surface area contributed by atoms with Gasteiger partial charge in [0, 0.05) is 6.07 Å². The van der Waals surface area contributed by atoms with Crippen molar-refractivity contribution in [2.75, 3.05) is 18.4 Å². The molecule has 2 aromatic rings. The molecule has 0 spiro atoms. The summed E-state index contributed by atoms with van der Waals surface area (Å²) in [6, 6.07) is 8.66. The van der Waals surface area contributed by atoms with Crippen LogP contribution < -0.4 is 15.4 Å². The first-order chi connectivity index (χ1) is 12.7. The van der Waals surface area contributed by atoms with Crippen molar-refractivity contribution >= 4 is 27.5 Å². The van der Waals surface area contributed by atoms with Crippen LogP contribution in [0.4, 0.5) is 14.5 Å². The molecule has 27 heavy (non-hydrogen) atoms. The molecule has 0 saturated heterocycles. The summed E-state index contributed by atoms with van der Waals surface area (Å²) in [7, 11) is -3.87. The summed E-state index contributed by atoms with van der Waals surface area (Å²) in [6.07, 6.45) is 0. The van der Waals surface area contributed by atoms with Crippen molar-refractivity contribution in [1.29, 1.82) is 0 Å². The lowest BCUT2D eigenvalue weighted by atomic mass is 10.2. The fourth-order valence-corrected chi connectivity index (χ4v) is 2.97. The Hall–Kier alpha value is -2.85. The smallest absolute Gasteiger partial charge is 0.243 e. The number of rotatable bonds is 7. The zero-order valence-electron chi connectivity index (χ0n) is 14.3. The fraction of sp³-hybridized carbons (Fsp3) is 0.176. The van der Waals surface area contributed by atoms with Gasteiger partial charge in [-0.1, -0.05) is 17.7 Å². The van der Waals surface area contributed by atoms with Gasteiger partial charge in [0.2, 0.25) is 21.8 Å². The lowest BCUT2D eigenvalue weighted by molar-refractivity contribution is -0.123. The molecular weight excluding hydrogens is 380 g/mol. The molecular formula is C17H17F2N3O4S. The van der Waals surface area contributed by atoms with Crippen LogP contribution >= 0.6 is 0 Å². The molecule has 10 heteroatoms. The number of carbonyl (C=O) groups excluding carboxylic acids is 2. The van der Waals surface area contributed by atoms with E-state index in [-0.39, 0.29) is 10.6 Å². The topological polar surface area (TPSA) is 104 Å². The maximum Gasteiger partial charge on any atom is 0.243 e. The monoisotopic (exact) mass is 397 g/mol. The molecule has 0 aliphatic carbocycles. The van der Waals surface area contributed by atoms with Crippen molar-refractivity contribution < 1.29 is 26.8 Å². The normalized spacial score (nSPS) is 11.1. The summed E-state index contributed by atoms with van der Waals surface area (Å²) in [5.74, 6) is -3.25. The molecule has 0 saturated carbocycles. The SMILES string of the molecule is Cc1ccc(S(=O)(=O)NCC(=O)NCC(=O)Nc2ccc(F)cc2F)cc1. The molecule has 0 heterocycles. The summed E-state index contributed by atoms with van der Waals surface area (Å²) < 4.78 is 52.4. The first-order valence-electron chi connectivity index (χ1n) is 7.75. The first kappa shape index (κ1) is 20.5. The fourth-order valence-electron chi connectivity index (χ4n) is 1.99. The lowest BCUT2D eigenvalue weighted by Gasteiger charge is -2.09. The molecule has 0 atom stereocenters. The van der Waals surface area contributed by atoms with Crippen LogP contribution in [0.15, 0.2) is 47.4 Å². The highest BCUT2D eigenvalue weighted by Gasteiger charge is 2.16. The predicted octanol–water partition coefficient (Wildman–Crippen LogP) is 1.31. The second kappa shape index (κ2) is 8.69. The predicted molar refractivity (Wildman–Crippen MR) is 94.4 cm³/mol. The van der Waals surface area contributed by atoms with Crippen LogP contribution in [0.2, 0.25) is 0 Å². The van der Waals surface area contributed by atoms with Crippen LogP contribution in [-0.2, 0) is 19.6 Å². The molecule has 7 nitrogen and oxygen atoms in total. The summed E-state index contributed by atoms with van der Waals surface area (Å²) in [6.45, 7) is 0.719. The number of benzene rings is 2. The minimum absolute atomic E-state index is 0.00503. The Morgan fingerprint density at radius 1 is 0.963 bits per heavy atom. The van der Waals surface area contributed by atoms with Gasteiger partial charge in [-0.3, -0.25) is 9.59 Å². The molecule has 0 aliphatic heterocycles. The Morgan fingerprint density at radius 3 is 2.26 bits per heavy atom. The Morgan fingerprint density at radius 2 is 1.63 bits per heavy atom. The molecule has 0 unspecified atom stereocenters. The quantitative estimate of drug-likeness (QED) is 0.655. The van der Waals surface area contributed by atoms with Crippen LogP contribution in [0.25, 0.3) is 0 Å². The third-order valence-corrected chi connectivity index (χ3v) is 4.82. The van der Waals surface area contributed by atoms with Crippen LogP contribution in [0, 0.1) is 18.6 Å². The second-order valence-corrected chi connectivity index (χ2v) is 7.35. The van der Waals surface area contributed by atoms with Gasteiger partial charge in [0.15, 0.2) is 0 Å². The highest BCUT2D eigenvalue weighted by atomic mass is 32.2. The van der Waals surface area contributed by atoms with Crippen molar-refractivity contribution in [3.05, 3.63) is 59.7 Å².